The number of ether oxygens (including phenoxy) is 1. The molecule has 0 bridgehead atoms. The average Bonchev–Trinajstić information content (AvgIpc) is 3.94. The minimum absolute atomic E-state index is 0.0154. The maximum Gasteiger partial charge on any atom is 0.438 e. The second kappa shape index (κ2) is 15.9. The molecule has 11 rings (SSSR count). The summed E-state index contributed by atoms with van der Waals surface area (Å²) in [7, 11) is 1.72. The third-order valence-electron chi connectivity index (χ3n) is 14.6. The van der Waals surface area contributed by atoms with Crippen LogP contribution in [0, 0.1) is 41.7 Å². The number of nitrogens with zero attached hydrogens (tertiary/aromatic N) is 9. The summed E-state index contributed by atoms with van der Waals surface area (Å²) in [4.78, 5) is 47.6. The van der Waals surface area contributed by atoms with Crippen molar-refractivity contribution in [3.63, 3.8) is 0 Å². The number of imidazole rings is 1. The zero-order valence-corrected chi connectivity index (χ0v) is 40.6. The first kappa shape index (κ1) is 45.1. The first-order chi connectivity index (χ1) is 33.2. The summed E-state index contributed by atoms with van der Waals surface area (Å²) in [5, 5.41) is 14.7. The summed E-state index contributed by atoms with van der Waals surface area (Å²) in [6.45, 7) is 16.6. The fraction of sp³-hybridized carbons (Fsp3) is 0.396. The summed E-state index contributed by atoms with van der Waals surface area (Å²) in [5.74, 6) is 5.02. The summed E-state index contributed by atoms with van der Waals surface area (Å²) in [6.07, 6.45) is 7.10. The minimum atomic E-state index is -0.875. The maximum absolute atomic E-state index is 16.3. The number of amides is 1. The fourth-order valence-electron chi connectivity index (χ4n) is 11.0. The zero-order valence-electron chi connectivity index (χ0n) is 40.6. The van der Waals surface area contributed by atoms with Gasteiger partial charge in [-0.05, 0) is 133 Å². The van der Waals surface area contributed by atoms with Crippen molar-refractivity contribution in [3.8, 4) is 29.0 Å². The van der Waals surface area contributed by atoms with Gasteiger partial charge in [-0.25, -0.2) is 23.1 Å². The van der Waals surface area contributed by atoms with E-state index in [0.717, 1.165) is 29.3 Å². The van der Waals surface area contributed by atoms with Gasteiger partial charge in [0.15, 0.2) is 11.6 Å². The molecule has 2 aliphatic heterocycles. The van der Waals surface area contributed by atoms with Gasteiger partial charge in [0.1, 0.15) is 22.9 Å². The Bertz CT molecular complexity index is 3660. The number of hydrogen-bond donors (Lipinski definition) is 1. The van der Waals surface area contributed by atoms with Crippen LogP contribution in [-0.4, -0.2) is 73.0 Å². The molecule has 5 aromatic heterocycles. The monoisotopic (exact) mass is 948 g/mol. The van der Waals surface area contributed by atoms with Crippen LogP contribution in [0.4, 0.5) is 8.78 Å². The zero-order chi connectivity index (χ0) is 49.3. The fourth-order valence-corrected chi connectivity index (χ4v) is 11.0. The van der Waals surface area contributed by atoms with E-state index in [1.54, 1.807) is 58.7 Å². The van der Waals surface area contributed by atoms with Crippen LogP contribution in [0.2, 0.25) is 0 Å². The molecule has 0 unspecified atom stereocenters. The van der Waals surface area contributed by atoms with Gasteiger partial charge >= 0.3 is 11.4 Å². The predicted octanol–water partition coefficient (Wildman–Crippen LogP) is 8.53. The lowest BCUT2D eigenvalue weighted by Crippen LogP contribution is -2.41. The molecule has 1 saturated heterocycles. The van der Waals surface area contributed by atoms with E-state index in [2.05, 4.69) is 66.1 Å². The van der Waals surface area contributed by atoms with Gasteiger partial charge in [-0.15, -0.1) is 0 Å². The Hall–Kier alpha value is -7.32. The molecular formula is C53H54F2N10O5. The van der Waals surface area contributed by atoms with Gasteiger partial charge in [0.25, 0.3) is 5.91 Å². The third-order valence-corrected chi connectivity index (χ3v) is 14.6. The van der Waals surface area contributed by atoms with Crippen molar-refractivity contribution in [1.82, 2.24) is 48.3 Å². The molecule has 17 heteroatoms. The molecule has 3 aliphatic rings. The predicted molar refractivity (Wildman–Crippen MR) is 259 cm³/mol. The number of nitrogens with one attached hydrogen (secondary N) is 1. The van der Waals surface area contributed by atoms with E-state index in [9.17, 15) is 9.59 Å². The number of H-pyrrole nitrogens is 1. The Labute approximate surface area is 401 Å². The van der Waals surface area contributed by atoms with E-state index in [4.69, 9.17) is 14.4 Å². The lowest BCUT2D eigenvalue weighted by atomic mass is 9.83. The van der Waals surface area contributed by atoms with Crippen molar-refractivity contribution < 1.29 is 22.8 Å². The molecule has 360 valence electrons. The van der Waals surface area contributed by atoms with E-state index >= 15 is 13.6 Å². The number of benzene rings is 3. The van der Waals surface area contributed by atoms with Gasteiger partial charge in [0, 0.05) is 60.9 Å². The highest BCUT2D eigenvalue weighted by molar-refractivity contribution is 6.00. The van der Waals surface area contributed by atoms with Crippen LogP contribution in [0.15, 0.2) is 81.2 Å². The Balaban J connectivity index is 1.07. The Morgan fingerprint density at radius 1 is 0.971 bits per heavy atom. The number of fused-ring (bicyclic) bond motifs is 3. The van der Waals surface area contributed by atoms with Gasteiger partial charge in [-0.2, -0.15) is 10.2 Å². The van der Waals surface area contributed by atoms with Gasteiger partial charge in [-0.3, -0.25) is 28.1 Å². The molecule has 15 nitrogen and oxygen atoms in total. The summed E-state index contributed by atoms with van der Waals surface area (Å²) < 4.78 is 51.1. The van der Waals surface area contributed by atoms with Crippen molar-refractivity contribution in [2.24, 2.45) is 18.4 Å². The molecule has 3 aromatic carbocycles. The number of hydrogen-bond acceptors (Lipinski definition) is 8. The van der Waals surface area contributed by atoms with Crippen LogP contribution in [0.25, 0.3) is 39.0 Å². The smallest absolute Gasteiger partial charge is 0.376 e. The number of aromatic amines is 1. The first-order valence-electron chi connectivity index (χ1n) is 23.8. The summed E-state index contributed by atoms with van der Waals surface area (Å²) in [6, 6.07) is 14.1. The number of aryl methyl sites for hydroxylation is 2. The molecule has 1 aliphatic carbocycles. The van der Waals surface area contributed by atoms with Crippen LogP contribution in [0.3, 0.4) is 0 Å². The molecule has 0 radical (unpaired) electrons. The van der Waals surface area contributed by atoms with Crippen LogP contribution in [-0.2, 0) is 23.7 Å². The van der Waals surface area contributed by atoms with Crippen LogP contribution < -0.4 is 11.4 Å². The molecule has 2 fully saturated rings. The molecule has 7 heterocycles. The minimum Gasteiger partial charge on any atom is -0.376 e. The number of aromatic nitrogens is 9. The van der Waals surface area contributed by atoms with E-state index in [-0.39, 0.29) is 46.5 Å². The molecular weight excluding hydrogens is 895 g/mol. The van der Waals surface area contributed by atoms with Crippen LogP contribution >= 0.6 is 0 Å². The van der Waals surface area contributed by atoms with Crippen molar-refractivity contribution in [2.45, 2.75) is 104 Å². The number of carbonyl (C=O) groups is 1. The Morgan fingerprint density at radius 2 is 1.73 bits per heavy atom. The topological polar surface area (TPSA) is 156 Å². The Kier molecular flexibility index (Phi) is 10.2. The van der Waals surface area contributed by atoms with Crippen LogP contribution in [0.1, 0.15) is 124 Å². The number of halogens is 2. The van der Waals surface area contributed by atoms with Crippen molar-refractivity contribution in [2.75, 3.05) is 13.2 Å². The molecule has 1 N–H and O–H groups in total. The SMILES string of the molecule is Cc1cc(-n2nc3c(c2-n2ccn(-c4ccc5c(cnn5C)c4F)c2=O)[C@H](C)N(C(=O)c2cc4cc([C@H]5CCOC(C)(C)C5)ccc4n2[C@@]2(c4noc(=O)[nH]4)C[C@@H]2C)CC3)cc(C#CC(C)(C)C)c1F. The molecule has 0 spiro atoms. The maximum atomic E-state index is 16.3. The third kappa shape index (κ3) is 7.16. The van der Waals surface area contributed by atoms with Crippen molar-refractivity contribution >= 4 is 27.7 Å². The summed E-state index contributed by atoms with van der Waals surface area (Å²) in [5.41, 5.74) is 2.97. The first-order valence-corrected chi connectivity index (χ1v) is 23.8. The molecule has 70 heavy (non-hydrogen) atoms. The highest BCUT2D eigenvalue weighted by Gasteiger charge is 2.59. The quantitative estimate of drug-likeness (QED) is 0.156. The lowest BCUT2D eigenvalue weighted by Gasteiger charge is -2.35. The second-order valence-corrected chi connectivity index (χ2v) is 21.0. The van der Waals surface area contributed by atoms with Crippen LogP contribution in [0.5, 0.6) is 0 Å². The largest absolute Gasteiger partial charge is 0.438 e. The van der Waals surface area contributed by atoms with Gasteiger partial charge < -0.3 is 14.2 Å². The van der Waals surface area contributed by atoms with Crippen molar-refractivity contribution in [1.29, 1.82) is 0 Å². The van der Waals surface area contributed by atoms with E-state index in [0.29, 0.717) is 64.8 Å². The van der Waals surface area contributed by atoms with Crippen molar-refractivity contribution in [3.05, 3.63) is 139 Å². The highest BCUT2D eigenvalue weighted by Crippen LogP contribution is 2.56. The summed E-state index contributed by atoms with van der Waals surface area (Å²) >= 11 is 0. The molecule has 1 amide bonds. The molecule has 4 atom stereocenters. The van der Waals surface area contributed by atoms with E-state index in [1.807, 2.05) is 38.3 Å². The van der Waals surface area contributed by atoms with E-state index < -0.39 is 40.1 Å². The average molecular weight is 949 g/mol. The lowest BCUT2D eigenvalue weighted by molar-refractivity contribution is -0.0592. The van der Waals surface area contributed by atoms with Gasteiger partial charge in [0.2, 0.25) is 0 Å². The number of carbonyl (C=O) groups excluding carboxylic acids is 1. The standard InChI is InChI=1S/C53H54F2N10O5/c1-29-22-36(24-33(44(29)54)14-17-51(4,5)6)65-46(63-20-19-62(50(63)68)41-13-12-40-37(45(41)55)28-56-60(40)9)43-31(3)61(18-15-38(43)58-65)47(66)42-25-35-23-32(34-16-21-69-52(7,8)27-34)10-11-39(35)64(42)53(26-30(53)2)48-57-49(67)70-59-48/h10-13,19-20,22-25,28,30-31,34H,15-16,18,21,26-27H2,1-9H3,(H,57,59,67)/t30-,31-,34-,53-/m0/s1. The molecule has 1 saturated carbocycles. The number of rotatable bonds is 7. The van der Waals surface area contributed by atoms with E-state index in [1.165, 1.54) is 21.5 Å². The van der Waals surface area contributed by atoms with Gasteiger partial charge in [-0.1, -0.05) is 30.0 Å². The van der Waals surface area contributed by atoms with Gasteiger partial charge in [0.05, 0.1) is 51.4 Å². The normalized spacial score (nSPS) is 21.0. The Morgan fingerprint density at radius 3 is 2.44 bits per heavy atom. The highest BCUT2D eigenvalue weighted by atomic mass is 19.1. The molecule has 8 aromatic rings. The second-order valence-electron chi connectivity index (χ2n) is 21.0.